The molecule has 1 aromatic carbocycles. The fourth-order valence-electron chi connectivity index (χ4n) is 1.87. The Bertz CT molecular complexity index is 634. The van der Waals surface area contributed by atoms with Crippen molar-refractivity contribution < 1.29 is 4.74 Å². The van der Waals surface area contributed by atoms with Gasteiger partial charge in [0.05, 0.1) is 24.1 Å². The summed E-state index contributed by atoms with van der Waals surface area (Å²) >= 11 is 0. The molecule has 3 N–H and O–H groups in total. The molecule has 0 atom stereocenters. The molecule has 0 aliphatic heterocycles. The lowest BCUT2D eigenvalue weighted by atomic mass is 10.1. The van der Waals surface area contributed by atoms with Gasteiger partial charge in [0, 0.05) is 12.8 Å². The molecule has 1 heterocycles. The van der Waals surface area contributed by atoms with Gasteiger partial charge in [0.2, 0.25) is 0 Å². The number of benzene rings is 1. The number of anilines is 3. The van der Waals surface area contributed by atoms with E-state index in [1.165, 1.54) is 6.20 Å². The molecule has 20 heavy (non-hydrogen) atoms. The molecular weight excluding hydrogens is 252 g/mol. The SMILES string of the molecule is COCCc1ccccc1Nc1ncc(N)cc1C#N. The molecule has 0 amide bonds. The highest BCUT2D eigenvalue weighted by atomic mass is 16.5. The van der Waals surface area contributed by atoms with Crippen LogP contribution in [0.4, 0.5) is 17.2 Å². The summed E-state index contributed by atoms with van der Waals surface area (Å²) in [5.74, 6) is 0.506. The lowest BCUT2D eigenvalue weighted by Crippen LogP contribution is -2.03. The number of hydrogen-bond donors (Lipinski definition) is 2. The largest absolute Gasteiger partial charge is 0.397 e. The summed E-state index contributed by atoms with van der Waals surface area (Å²) in [4.78, 5) is 4.18. The van der Waals surface area contributed by atoms with Gasteiger partial charge in [0.25, 0.3) is 0 Å². The van der Waals surface area contributed by atoms with Crippen molar-refractivity contribution in [3.05, 3.63) is 47.7 Å². The molecule has 102 valence electrons. The van der Waals surface area contributed by atoms with Gasteiger partial charge in [-0.1, -0.05) is 18.2 Å². The second-order valence-electron chi connectivity index (χ2n) is 4.30. The van der Waals surface area contributed by atoms with Crippen molar-refractivity contribution in [2.45, 2.75) is 6.42 Å². The molecule has 0 saturated carbocycles. The molecule has 5 nitrogen and oxygen atoms in total. The van der Waals surface area contributed by atoms with Crippen molar-refractivity contribution in [3.8, 4) is 6.07 Å². The van der Waals surface area contributed by atoms with Gasteiger partial charge in [-0.2, -0.15) is 5.26 Å². The van der Waals surface area contributed by atoms with E-state index in [4.69, 9.17) is 15.7 Å². The van der Waals surface area contributed by atoms with Gasteiger partial charge < -0.3 is 15.8 Å². The van der Waals surface area contributed by atoms with E-state index in [0.29, 0.717) is 23.7 Å². The normalized spacial score (nSPS) is 10.0. The topological polar surface area (TPSA) is 84.0 Å². The number of nitrogens with one attached hydrogen (secondary N) is 1. The van der Waals surface area contributed by atoms with E-state index in [9.17, 15) is 0 Å². The lowest BCUT2D eigenvalue weighted by Gasteiger charge is -2.12. The Kier molecular flexibility index (Phi) is 4.53. The van der Waals surface area contributed by atoms with Gasteiger partial charge in [-0.3, -0.25) is 0 Å². The fraction of sp³-hybridized carbons (Fsp3) is 0.200. The minimum absolute atomic E-state index is 0.423. The van der Waals surface area contributed by atoms with Gasteiger partial charge in [-0.15, -0.1) is 0 Å². The van der Waals surface area contributed by atoms with Crippen molar-refractivity contribution in [2.24, 2.45) is 0 Å². The van der Waals surface area contributed by atoms with E-state index in [1.807, 2.05) is 24.3 Å². The third-order valence-electron chi connectivity index (χ3n) is 2.88. The summed E-state index contributed by atoms with van der Waals surface area (Å²) in [6, 6.07) is 11.6. The second-order valence-corrected chi connectivity index (χ2v) is 4.30. The molecule has 0 spiro atoms. The Morgan fingerprint density at radius 3 is 2.95 bits per heavy atom. The first kappa shape index (κ1) is 13.8. The zero-order chi connectivity index (χ0) is 14.4. The van der Waals surface area contributed by atoms with Crippen molar-refractivity contribution in [2.75, 3.05) is 24.8 Å². The molecule has 0 fully saturated rings. The van der Waals surface area contributed by atoms with Gasteiger partial charge in [0.1, 0.15) is 11.9 Å². The number of pyridine rings is 1. The van der Waals surface area contributed by atoms with Crippen LogP contribution in [0.5, 0.6) is 0 Å². The predicted molar refractivity (Wildman–Crippen MR) is 78.7 cm³/mol. The quantitative estimate of drug-likeness (QED) is 0.870. The van der Waals surface area contributed by atoms with Crippen molar-refractivity contribution >= 4 is 17.2 Å². The number of ether oxygens (including phenoxy) is 1. The minimum Gasteiger partial charge on any atom is -0.397 e. The summed E-state index contributed by atoms with van der Waals surface area (Å²) in [5.41, 5.74) is 8.55. The zero-order valence-electron chi connectivity index (χ0n) is 11.3. The fourth-order valence-corrected chi connectivity index (χ4v) is 1.87. The summed E-state index contributed by atoms with van der Waals surface area (Å²) < 4.78 is 5.10. The Morgan fingerprint density at radius 1 is 1.40 bits per heavy atom. The highest BCUT2D eigenvalue weighted by Gasteiger charge is 2.07. The maximum absolute atomic E-state index is 9.13. The summed E-state index contributed by atoms with van der Waals surface area (Å²) in [6.07, 6.45) is 2.32. The Hall–Kier alpha value is -2.58. The standard InChI is InChI=1S/C15H16N4O/c1-20-7-6-11-4-2-3-5-14(11)19-15-12(9-16)8-13(17)10-18-15/h2-5,8,10H,6-7,17H2,1H3,(H,18,19). The van der Waals surface area contributed by atoms with E-state index < -0.39 is 0 Å². The molecule has 2 rings (SSSR count). The van der Waals surface area contributed by atoms with Crippen LogP contribution in [0.25, 0.3) is 0 Å². The summed E-state index contributed by atoms with van der Waals surface area (Å²) in [6.45, 7) is 0.638. The number of nitrogen functional groups attached to an aromatic ring is 1. The van der Waals surface area contributed by atoms with E-state index in [-0.39, 0.29) is 0 Å². The number of nitriles is 1. The van der Waals surface area contributed by atoms with Crippen molar-refractivity contribution in [3.63, 3.8) is 0 Å². The van der Waals surface area contributed by atoms with Crippen LogP contribution in [0.15, 0.2) is 36.5 Å². The maximum atomic E-state index is 9.13. The Labute approximate surface area is 118 Å². The molecular formula is C15H16N4O. The van der Waals surface area contributed by atoms with Crippen molar-refractivity contribution in [1.29, 1.82) is 5.26 Å². The third-order valence-corrected chi connectivity index (χ3v) is 2.88. The van der Waals surface area contributed by atoms with E-state index in [0.717, 1.165) is 17.7 Å². The number of rotatable bonds is 5. The van der Waals surface area contributed by atoms with Crippen LogP contribution in [0.3, 0.4) is 0 Å². The molecule has 0 unspecified atom stereocenters. The van der Waals surface area contributed by atoms with Crippen molar-refractivity contribution in [1.82, 2.24) is 4.98 Å². The molecule has 5 heteroatoms. The van der Waals surface area contributed by atoms with Crippen LogP contribution in [0.2, 0.25) is 0 Å². The van der Waals surface area contributed by atoms with Gasteiger partial charge in [-0.25, -0.2) is 4.98 Å². The summed E-state index contributed by atoms with van der Waals surface area (Å²) in [5, 5.41) is 12.3. The first-order chi connectivity index (χ1) is 9.74. The van der Waals surface area contributed by atoms with Gasteiger partial charge in [-0.05, 0) is 24.1 Å². The first-order valence-corrected chi connectivity index (χ1v) is 6.24. The molecule has 0 aliphatic carbocycles. The van der Waals surface area contributed by atoms with Crippen LogP contribution < -0.4 is 11.1 Å². The summed E-state index contributed by atoms with van der Waals surface area (Å²) in [7, 11) is 1.67. The molecule has 0 radical (unpaired) electrons. The maximum Gasteiger partial charge on any atom is 0.148 e. The molecule has 1 aromatic heterocycles. The van der Waals surface area contributed by atoms with E-state index in [2.05, 4.69) is 16.4 Å². The number of nitrogens with two attached hydrogens (primary N) is 1. The monoisotopic (exact) mass is 268 g/mol. The van der Waals surface area contributed by atoms with Crippen LogP contribution >= 0.6 is 0 Å². The smallest absolute Gasteiger partial charge is 0.148 e. The van der Waals surface area contributed by atoms with Gasteiger partial charge >= 0.3 is 0 Å². The molecule has 0 saturated heterocycles. The van der Waals surface area contributed by atoms with Crippen LogP contribution in [0, 0.1) is 11.3 Å². The van der Waals surface area contributed by atoms with Gasteiger partial charge in [0.15, 0.2) is 0 Å². The molecule has 0 bridgehead atoms. The molecule has 0 aliphatic rings. The minimum atomic E-state index is 0.423. The average molecular weight is 268 g/mol. The predicted octanol–water partition coefficient (Wildman–Crippen LogP) is 2.47. The second kappa shape index (κ2) is 6.55. The highest BCUT2D eigenvalue weighted by molar-refractivity contribution is 5.67. The van der Waals surface area contributed by atoms with E-state index in [1.54, 1.807) is 13.2 Å². The molecule has 2 aromatic rings. The highest BCUT2D eigenvalue weighted by Crippen LogP contribution is 2.23. The number of methoxy groups -OCH3 is 1. The third kappa shape index (κ3) is 3.25. The number of hydrogen-bond acceptors (Lipinski definition) is 5. The Morgan fingerprint density at radius 2 is 2.20 bits per heavy atom. The number of nitrogens with zero attached hydrogens (tertiary/aromatic N) is 2. The number of para-hydroxylation sites is 1. The van der Waals surface area contributed by atoms with Crippen LogP contribution in [-0.4, -0.2) is 18.7 Å². The zero-order valence-corrected chi connectivity index (χ0v) is 11.3. The average Bonchev–Trinajstić information content (AvgIpc) is 2.48. The van der Waals surface area contributed by atoms with Crippen LogP contribution in [0.1, 0.15) is 11.1 Å². The van der Waals surface area contributed by atoms with E-state index >= 15 is 0 Å². The number of aromatic nitrogens is 1. The first-order valence-electron chi connectivity index (χ1n) is 6.24. The van der Waals surface area contributed by atoms with Crippen LogP contribution in [-0.2, 0) is 11.2 Å². The Balaban J connectivity index is 2.28. The lowest BCUT2D eigenvalue weighted by molar-refractivity contribution is 0.202.